The van der Waals surface area contributed by atoms with E-state index in [1.165, 1.54) is 18.5 Å². The number of hydrogen-bond acceptors (Lipinski definition) is 2. The molecule has 0 aromatic carbocycles. The fraction of sp³-hybridized carbons (Fsp3) is 0.786. The highest BCUT2D eigenvalue weighted by atomic mass is 15.3. The number of rotatable bonds is 2. The second-order valence-electron chi connectivity index (χ2n) is 5.81. The second kappa shape index (κ2) is 4.81. The lowest BCUT2D eigenvalue weighted by atomic mass is 9.76. The molecule has 0 aliphatic heterocycles. The van der Waals surface area contributed by atoms with Crippen molar-refractivity contribution in [2.45, 2.75) is 52.6 Å². The quantitative estimate of drug-likeness (QED) is 0.854. The van der Waals surface area contributed by atoms with Gasteiger partial charge in [-0.2, -0.15) is 5.10 Å². The highest BCUT2D eigenvalue weighted by molar-refractivity contribution is 5.09. The molecule has 1 fully saturated rings. The SMILES string of the molecule is CNC1CC(C)CC(C)C1n1nc(C)cc1C. The molecule has 96 valence electrons. The summed E-state index contributed by atoms with van der Waals surface area (Å²) in [5, 5.41) is 8.17. The van der Waals surface area contributed by atoms with Gasteiger partial charge < -0.3 is 5.32 Å². The highest BCUT2D eigenvalue weighted by Crippen LogP contribution is 2.37. The zero-order chi connectivity index (χ0) is 12.6. The van der Waals surface area contributed by atoms with E-state index in [1.54, 1.807) is 0 Å². The molecule has 0 bridgehead atoms. The van der Waals surface area contributed by atoms with Crippen LogP contribution in [0.15, 0.2) is 6.07 Å². The predicted molar refractivity (Wildman–Crippen MR) is 71.1 cm³/mol. The van der Waals surface area contributed by atoms with E-state index in [0.29, 0.717) is 18.0 Å². The molecule has 1 aliphatic rings. The van der Waals surface area contributed by atoms with Gasteiger partial charge in [-0.15, -0.1) is 0 Å². The van der Waals surface area contributed by atoms with Gasteiger partial charge in [-0.25, -0.2) is 0 Å². The largest absolute Gasteiger partial charge is 0.315 e. The Morgan fingerprint density at radius 3 is 2.53 bits per heavy atom. The van der Waals surface area contributed by atoms with Crippen LogP contribution in [0.25, 0.3) is 0 Å². The van der Waals surface area contributed by atoms with Gasteiger partial charge >= 0.3 is 0 Å². The molecule has 17 heavy (non-hydrogen) atoms. The second-order valence-corrected chi connectivity index (χ2v) is 5.81. The van der Waals surface area contributed by atoms with Gasteiger partial charge in [0.1, 0.15) is 0 Å². The summed E-state index contributed by atoms with van der Waals surface area (Å²) in [5.41, 5.74) is 2.41. The van der Waals surface area contributed by atoms with Crippen molar-refractivity contribution in [2.24, 2.45) is 11.8 Å². The third-order valence-corrected chi connectivity index (χ3v) is 4.12. The minimum atomic E-state index is 0.505. The van der Waals surface area contributed by atoms with Crippen molar-refractivity contribution in [3.8, 4) is 0 Å². The Bertz CT molecular complexity index is 383. The van der Waals surface area contributed by atoms with Crippen LogP contribution in [0, 0.1) is 25.7 Å². The lowest BCUT2D eigenvalue weighted by Gasteiger charge is -2.40. The van der Waals surface area contributed by atoms with Gasteiger partial charge in [0.15, 0.2) is 0 Å². The number of aryl methyl sites for hydroxylation is 2. The molecule has 4 atom stereocenters. The van der Waals surface area contributed by atoms with Crippen LogP contribution in [0.3, 0.4) is 0 Å². The van der Waals surface area contributed by atoms with Crippen LogP contribution < -0.4 is 5.32 Å². The van der Waals surface area contributed by atoms with Crippen LogP contribution in [0.4, 0.5) is 0 Å². The van der Waals surface area contributed by atoms with Crippen LogP contribution in [0.5, 0.6) is 0 Å². The van der Waals surface area contributed by atoms with Gasteiger partial charge in [-0.1, -0.05) is 13.8 Å². The Morgan fingerprint density at radius 2 is 2.00 bits per heavy atom. The first-order valence-corrected chi connectivity index (χ1v) is 6.73. The van der Waals surface area contributed by atoms with Gasteiger partial charge in [-0.05, 0) is 51.6 Å². The predicted octanol–water partition coefficient (Wildman–Crippen LogP) is 2.70. The lowest BCUT2D eigenvalue weighted by Crippen LogP contribution is -2.44. The summed E-state index contributed by atoms with van der Waals surface area (Å²) < 4.78 is 2.24. The van der Waals surface area contributed by atoms with Gasteiger partial charge in [-0.3, -0.25) is 4.68 Å². The van der Waals surface area contributed by atoms with Crippen LogP contribution >= 0.6 is 0 Å². The molecule has 0 amide bonds. The van der Waals surface area contributed by atoms with Gasteiger partial charge in [0.2, 0.25) is 0 Å². The average Bonchev–Trinajstić information content (AvgIpc) is 2.56. The molecule has 1 saturated carbocycles. The normalized spacial score (nSPS) is 33.9. The molecule has 1 aliphatic carbocycles. The van der Waals surface area contributed by atoms with E-state index >= 15 is 0 Å². The van der Waals surface area contributed by atoms with Crippen LogP contribution in [0.1, 0.15) is 44.1 Å². The average molecular weight is 235 g/mol. The molecule has 1 N–H and O–H groups in total. The maximum Gasteiger partial charge on any atom is 0.0700 e. The number of nitrogens with one attached hydrogen (secondary N) is 1. The molecule has 0 spiro atoms. The summed E-state index contributed by atoms with van der Waals surface area (Å²) in [5.74, 6) is 1.50. The zero-order valence-electron chi connectivity index (χ0n) is 11.7. The van der Waals surface area contributed by atoms with E-state index < -0.39 is 0 Å². The Hall–Kier alpha value is -0.830. The van der Waals surface area contributed by atoms with Crippen molar-refractivity contribution in [3.63, 3.8) is 0 Å². The summed E-state index contributed by atoms with van der Waals surface area (Å²) in [7, 11) is 2.08. The third kappa shape index (κ3) is 2.39. The van der Waals surface area contributed by atoms with Crippen molar-refractivity contribution in [3.05, 3.63) is 17.5 Å². The maximum absolute atomic E-state index is 4.68. The Balaban J connectivity index is 2.31. The van der Waals surface area contributed by atoms with E-state index in [1.807, 2.05) is 0 Å². The Labute approximate surface area is 105 Å². The summed E-state index contributed by atoms with van der Waals surface area (Å²) in [6, 6.07) is 3.23. The van der Waals surface area contributed by atoms with Gasteiger partial charge in [0.05, 0.1) is 11.7 Å². The fourth-order valence-electron chi connectivity index (χ4n) is 3.49. The molecule has 3 heteroatoms. The van der Waals surface area contributed by atoms with Crippen molar-refractivity contribution in [2.75, 3.05) is 7.05 Å². The minimum Gasteiger partial charge on any atom is -0.315 e. The van der Waals surface area contributed by atoms with E-state index in [9.17, 15) is 0 Å². The third-order valence-electron chi connectivity index (χ3n) is 4.12. The number of hydrogen-bond donors (Lipinski definition) is 1. The van der Waals surface area contributed by atoms with Gasteiger partial charge in [0, 0.05) is 11.7 Å². The van der Waals surface area contributed by atoms with Crippen LogP contribution in [0.2, 0.25) is 0 Å². The molecule has 0 saturated heterocycles. The summed E-state index contributed by atoms with van der Waals surface area (Å²) >= 11 is 0. The van der Waals surface area contributed by atoms with Crippen molar-refractivity contribution >= 4 is 0 Å². The standard InChI is InChI=1S/C14H25N3/c1-9-6-10(2)14(13(7-9)15-5)17-12(4)8-11(3)16-17/h8-10,13-15H,6-7H2,1-5H3. The molecular weight excluding hydrogens is 210 g/mol. The number of likely N-dealkylation sites (N-methyl/N-ethyl adjacent to an activating group) is 1. The van der Waals surface area contributed by atoms with Crippen molar-refractivity contribution in [1.82, 2.24) is 15.1 Å². The molecular formula is C14H25N3. The first-order valence-electron chi connectivity index (χ1n) is 6.73. The topological polar surface area (TPSA) is 29.9 Å². The molecule has 2 rings (SSSR count). The summed E-state index contributed by atoms with van der Waals surface area (Å²) in [6.45, 7) is 8.96. The smallest absolute Gasteiger partial charge is 0.0700 e. The van der Waals surface area contributed by atoms with Gasteiger partial charge in [0.25, 0.3) is 0 Å². The van der Waals surface area contributed by atoms with E-state index in [-0.39, 0.29) is 0 Å². The molecule has 1 heterocycles. The summed E-state index contributed by atoms with van der Waals surface area (Å²) in [4.78, 5) is 0. The highest BCUT2D eigenvalue weighted by Gasteiger charge is 2.35. The van der Waals surface area contributed by atoms with Crippen LogP contribution in [-0.2, 0) is 0 Å². The molecule has 4 unspecified atom stereocenters. The fourth-order valence-corrected chi connectivity index (χ4v) is 3.49. The van der Waals surface area contributed by atoms with E-state index in [0.717, 1.165) is 11.6 Å². The van der Waals surface area contributed by atoms with E-state index in [4.69, 9.17) is 0 Å². The first kappa shape index (κ1) is 12.6. The van der Waals surface area contributed by atoms with E-state index in [2.05, 4.69) is 55.9 Å². The number of aromatic nitrogens is 2. The van der Waals surface area contributed by atoms with Crippen molar-refractivity contribution in [1.29, 1.82) is 0 Å². The summed E-state index contributed by atoms with van der Waals surface area (Å²) in [6.07, 6.45) is 2.56. The molecule has 1 aromatic heterocycles. The molecule has 0 radical (unpaired) electrons. The zero-order valence-corrected chi connectivity index (χ0v) is 11.7. The first-order chi connectivity index (χ1) is 8.02. The lowest BCUT2D eigenvalue weighted by molar-refractivity contribution is 0.146. The molecule has 3 nitrogen and oxygen atoms in total. The van der Waals surface area contributed by atoms with Crippen molar-refractivity contribution < 1.29 is 0 Å². The minimum absolute atomic E-state index is 0.505. The molecule has 1 aromatic rings. The maximum atomic E-state index is 4.68. The van der Waals surface area contributed by atoms with Crippen LogP contribution in [-0.4, -0.2) is 22.9 Å². The Morgan fingerprint density at radius 1 is 1.29 bits per heavy atom. The Kier molecular flexibility index (Phi) is 3.57. The monoisotopic (exact) mass is 235 g/mol. The number of nitrogens with zero attached hydrogens (tertiary/aromatic N) is 2.